The number of pyridine rings is 1. The molecule has 2 aromatic rings. The molecule has 2 heterocycles. The summed E-state index contributed by atoms with van der Waals surface area (Å²) in [7, 11) is -3.80. The summed E-state index contributed by atoms with van der Waals surface area (Å²) >= 11 is 0. The Morgan fingerprint density at radius 2 is 2.14 bits per heavy atom. The van der Waals surface area contributed by atoms with Crippen molar-refractivity contribution in [1.82, 2.24) is 14.8 Å². The van der Waals surface area contributed by atoms with Gasteiger partial charge in [0.05, 0.1) is 17.6 Å². The maximum atomic E-state index is 14.1. The van der Waals surface area contributed by atoms with E-state index < -0.39 is 26.8 Å². The van der Waals surface area contributed by atoms with Gasteiger partial charge in [0, 0.05) is 17.7 Å². The Morgan fingerprint density at radius 3 is 2.83 bits per heavy atom. The number of aryl methyl sites for hydroxylation is 2. The van der Waals surface area contributed by atoms with E-state index in [2.05, 4.69) is 14.8 Å². The molecule has 10 heteroatoms. The van der Waals surface area contributed by atoms with Crippen molar-refractivity contribution in [1.29, 1.82) is 0 Å². The van der Waals surface area contributed by atoms with E-state index in [1.54, 1.807) is 6.92 Å². The molecule has 0 aliphatic heterocycles. The molecule has 0 aromatic carbocycles. The molecule has 0 saturated heterocycles. The second-order valence-corrected chi connectivity index (χ2v) is 9.81. The maximum absolute atomic E-state index is 14.1. The topological polar surface area (TPSA) is 115 Å². The summed E-state index contributed by atoms with van der Waals surface area (Å²) in [5.74, 6) is -0.836. The highest BCUT2D eigenvalue weighted by molar-refractivity contribution is 7.91. The minimum Gasteiger partial charge on any atom is -0.305 e. The molecule has 0 unspecified atom stereocenters. The molecule has 5 rings (SSSR count). The van der Waals surface area contributed by atoms with Crippen LogP contribution in [0.25, 0.3) is 0 Å². The van der Waals surface area contributed by atoms with Crippen molar-refractivity contribution in [3.8, 4) is 0 Å². The molecule has 3 N–H and O–H groups in total. The molecule has 2 amide bonds. The molecule has 1 atom stereocenters. The number of fused-ring (bicyclic) bond motifs is 3. The van der Waals surface area contributed by atoms with E-state index in [0.29, 0.717) is 6.54 Å². The number of nitrogens with zero attached hydrogens (tertiary/aromatic N) is 4. The summed E-state index contributed by atoms with van der Waals surface area (Å²) in [5.41, 5.74) is 5.17. The standard InChI is InChI=1S/C19H23FN6O2S/c1-2-26-10-13(20)17(24-26)29(21,28)25-18(27)23-15-11-4-3-5-14(11)22-16-12(15)6-7-19(16)8-9-19/h10H,2-9H2,1H3,(H3,21,22,23,25,27,28)/t29-/m0/s1. The fraction of sp³-hybridized carbons (Fsp3) is 0.526. The van der Waals surface area contributed by atoms with Crippen molar-refractivity contribution in [2.75, 3.05) is 5.32 Å². The Kier molecular flexibility index (Phi) is 4.08. The Morgan fingerprint density at radius 1 is 1.34 bits per heavy atom. The first kappa shape index (κ1) is 18.7. The molecule has 154 valence electrons. The molecule has 2 aromatic heterocycles. The van der Waals surface area contributed by atoms with Crippen LogP contribution < -0.4 is 10.5 Å². The van der Waals surface area contributed by atoms with Gasteiger partial charge in [-0.05, 0) is 63.0 Å². The van der Waals surface area contributed by atoms with E-state index >= 15 is 0 Å². The van der Waals surface area contributed by atoms with E-state index in [-0.39, 0.29) is 5.41 Å². The van der Waals surface area contributed by atoms with Gasteiger partial charge in [-0.15, -0.1) is 4.36 Å². The van der Waals surface area contributed by atoms with E-state index in [4.69, 9.17) is 10.1 Å². The third-order valence-electron chi connectivity index (χ3n) is 6.27. The van der Waals surface area contributed by atoms with Crippen molar-refractivity contribution in [2.24, 2.45) is 9.50 Å². The molecular formula is C19H23FN6O2S. The number of rotatable bonds is 3. The van der Waals surface area contributed by atoms with Crippen LogP contribution >= 0.6 is 0 Å². The smallest absolute Gasteiger partial charge is 0.305 e. The molecule has 1 saturated carbocycles. The number of urea groups is 1. The van der Waals surface area contributed by atoms with Crippen molar-refractivity contribution in [3.63, 3.8) is 0 Å². The van der Waals surface area contributed by atoms with Crippen LogP contribution in [0, 0.1) is 5.82 Å². The van der Waals surface area contributed by atoms with Gasteiger partial charge in [0.1, 0.15) is 0 Å². The van der Waals surface area contributed by atoms with Crippen molar-refractivity contribution in [2.45, 2.75) is 68.9 Å². The van der Waals surface area contributed by atoms with Gasteiger partial charge in [-0.3, -0.25) is 9.67 Å². The van der Waals surface area contributed by atoms with Gasteiger partial charge in [0.15, 0.2) is 15.7 Å². The maximum Gasteiger partial charge on any atom is 0.354 e. The molecule has 8 nitrogen and oxygen atoms in total. The average molecular weight is 418 g/mol. The number of aromatic nitrogens is 3. The number of hydrogen-bond acceptors (Lipinski definition) is 4. The Hall–Kier alpha value is -2.33. The van der Waals surface area contributed by atoms with E-state index in [1.165, 1.54) is 4.68 Å². The van der Waals surface area contributed by atoms with Gasteiger partial charge in [0.2, 0.25) is 5.03 Å². The summed E-state index contributed by atoms with van der Waals surface area (Å²) < 4.78 is 31.7. The third kappa shape index (κ3) is 2.96. The number of hydrogen-bond donors (Lipinski definition) is 2. The lowest BCUT2D eigenvalue weighted by Crippen LogP contribution is -2.20. The summed E-state index contributed by atoms with van der Waals surface area (Å²) in [5, 5.41) is 11.9. The van der Waals surface area contributed by atoms with E-state index in [9.17, 15) is 13.4 Å². The van der Waals surface area contributed by atoms with Crippen LogP contribution in [-0.4, -0.2) is 25.0 Å². The van der Waals surface area contributed by atoms with E-state index in [1.807, 2.05) is 0 Å². The minimum absolute atomic E-state index is 0.182. The number of halogens is 1. The number of anilines is 1. The first-order chi connectivity index (χ1) is 13.8. The van der Waals surface area contributed by atoms with Crippen LogP contribution in [0.5, 0.6) is 0 Å². The monoisotopic (exact) mass is 418 g/mol. The van der Waals surface area contributed by atoms with Crippen LogP contribution in [0.2, 0.25) is 0 Å². The van der Waals surface area contributed by atoms with Crippen molar-refractivity contribution < 1.29 is 13.4 Å². The predicted octanol–water partition coefficient (Wildman–Crippen LogP) is 2.84. The van der Waals surface area contributed by atoms with Gasteiger partial charge >= 0.3 is 6.03 Å². The van der Waals surface area contributed by atoms with Gasteiger partial charge in [0.25, 0.3) is 0 Å². The van der Waals surface area contributed by atoms with Crippen LogP contribution in [0.3, 0.4) is 0 Å². The predicted molar refractivity (Wildman–Crippen MR) is 105 cm³/mol. The zero-order chi connectivity index (χ0) is 20.4. The van der Waals surface area contributed by atoms with Crippen molar-refractivity contribution in [3.05, 3.63) is 34.5 Å². The molecule has 1 spiro atoms. The molecule has 3 aliphatic carbocycles. The van der Waals surface area contributed by atoms with Gasteiger partial charge in [-0.25, -0.2) is 18.5 Å². The highest BCUT2D eigenvalue weighted by Crippen LogP contribution is 2.58. The molecular weight excluding hydrogens is 395 g/mol. The summed E-state index contributed by atoms with van der Waals surface area (Å²) in [6, 6.07) is -0.845. The Bertz CT molecular complexity index is 1160. The Balaban J connectivity index is 1.51. The van der Waals surface area contributed by atoms with E-state index in [0.717, 1.165) is 79.3 Å². The second kappa shape index (κ2) is 6.33. The van der Waals surface area contributed by atoms with Crippen LogP contribution in [0.4, 0.5) is 14.9 Å². The minimum atomic E-state index is -3.80. The highest BCUT2D eigenvalue weighted by Gasteiger charge is 2.51. The number of carbonyl (C=O) groups excluding carboxylic acids is 1. The van der Waals surface area contributed by atoms with Gasteiger partial charge in [-0.2, -0.15) is 5.10 Å². The lowest BCUT2D eigenvalue weighted by Gasteiger charge is -2.16. The zero-order valence-electron chi connectivity index (χ0n) is 16.2. The summed E-state index contributed by atoms with van der Waals surface area (Å²) in [6.45, 7) is 2.14. The molecule has 1 fully saturated rings. The van der Waals surface area contributed by atoms with Crippen molar-refractivity contribution >= 4 is 21.6 Å². The number of nitrogens with two attached hydrogens (primary N) is 1. The normalized spacial score (nSPS) is 20.2. The quantitative estimate of drug-likeness (QED) is 0.797. The SMILES string of the molecule is CCn1cc(F)c([S@@](N)(=O)=NC(=O)Nc2c3c(nc4c2CCC42CC2)CCC3)n1. The van der Waals surface area contributed by atoms with Gasteiger partial charge < -0.3 is 5.32 Å². The first-order valence-electron chi connectivity index (χ1n) is 9.97. The average Bonchev–Trinajstić information content (AvgIpc) is 3.00. The number of carbonyl (C=O) groups is 1. The molecule has 3 aliphatic rings. The first-order valence-corrected chi connectivity index (χ1v) is 11.5. The number of amides is 2. The lowest BCUT2D eigenvalue weighted by molar-refractivity contribution is 0.260. The van der Waals surface area contributed by atoms with Gasteiger partial charge in [-0.1, -0.05) is 0 Å². The molecule has 0 bridgehead atoms. The lowest BCUT2D eigenvalue weighted by atomic mass is 10.0. The number of nitrogens with one attached hydrogen (secondary N) is 1. The molecule has 0 radical (unpaired) electrons. The second-order valence-electron chi connectivity index (χ2n) is 8.10. The summed E-state index contributed by atoms with van der Waals surface area (Å²) in [6.07, 6.45) is 8.00. The highest BCUT2D eigenvalue weighted by atomic mass is 32.2. The largest absolute Gasteiger partial charge is 0.354 e. The Labute approximate surface area is 168 Å². The fourth-order valence-electron chi connectivity index (χ4n) is 4.61. The van der Waals surface area contributed by atoms with Crippen LogP contribution in [0.1, 0.15) is 55.1 Å². The third-order valence-corrected chi connectivity index (χ3v) is 7.54. The summed E-state index contributed by atoms with van der Waals surface area (Å²) in [4.78, 5) is 17.6. The zero-order valence-corrected chi connectivity index (χ0v) is 17.0. The van der Waals surface area contributed by atoms with Crippen LogP contribution in [-0.2, 0) is 41.1 Å². The van der Waals surface area contributed by atoms with Crippen LogP contribution in [0.15, 0.2) is 15.6 Å². The molecule has 29 heavy (non-hydrogen) atoms. The fourth-order valence-corrected chi connectivity index (χ4v) is 5.54.